The molecule has 35 heavy (non-hydrogen) atoms. The predicted molar refractivity (Wildman–Crippen MR) is 145 cm³/mol. The van der Waals surface area contributed by atoms with Gasteiger partial charge in [-0.25, -0.2) is 0 Å². The lowest BCUT2D eigenvalue weighted by Gasteiger charge is -2.34. The van der Waals surface area contributed by atoms with Crippen LogP contribution in [0.1, 0.15) is 48.8 Å². The number of nitrogen functional groups attached to an aromatic ring is 1. The molecule has 0 aliphatic carbocycles. The number of carbonyl (C=O) groups is 2. The molecular formula is C27H26Cl4N2O2. The molecule has 4 rings (SSSR count). The number of rotatable bonds is 5. The fourth-order valence-corrected chi connectivity index (χ4v) is 5.17. The van der Waals surface area contributed by atoms with Gasteiger partial charge >= 0.3 is 0 Å². The summed E-state index contributed by atoms with van der Waals surface area (Å²) < 4.78 is 0. The number of piperidine rings is 1. The van der Waals surface area contributed by atoms with E-state index in [-0.39, 0.29) is 17.7 Å². The minimum absolute atomic E-state index is 0.167. The number of carbonyl (C=O) groups excluding carboxylic acids is 2. The van der Waals surface area contributed by atoms with Crippen molar-refractivity contribution in [2.45, 2.75) is 42.4 Å². The van der Waals surface area contributed by atoms with Gasteiger partial charge in [-0.1, -0.05) is 72.6 Å². The van der Waals surface area contributed by atoms with Crippen LogP contribution in [0.3, 0.4) is 0 Å². The number of halogens is 4. The molecule has 4 nitrogen and oxygen atoms in total. The first-order valence-electron chi connectivity index (χ1n) is 11.2. The fraction of sp³-hybridized carbons (Fsp3) is 0.259. The zero-order valence-corrected chi connectivity index (χ0v) is 22.1. The summed E-state index contributed by atoms with van der Waals surface area (Å²) in [7, 11) is 0. The SMILES string of the molecule is CCC1(c2ccc(N)cc2)CCC(=O)NC1=O.Clc1ccc(C(c2ccccc2Cl)C(Cl)Cl)cc1. The lowest BCUT2D eigenvalue weighted by molar-refractivity contribution is -0.138. The van der Waals surface area contributed by atoms with Crippen molar-refractivity contribution in [1.29, 1.82) is 0 Å². The van der Waals surface area contributed by atoms with E-state index >= 15 is 0 Å². The van der Waals surface area contributed by atoms with E-state index in [4.69, 9.17) is 52.1 Å². The molecule has 1 saturated heterocycles. The molecule has 2 atom stereocenters. The molecule has 1 aliphatic heterocycles. The van der Waals surface area contributed by atoms with Gasteiger partial charge in [0.25, 0.3) is 0 Å². The molecule has 2 amide bonds. The van der Waals surface area contributed by atoms with E-state index in [0.717, 1.165) is 16.7 Å². The summed E-state index contributed by atoms with van der Waals surface area (Å²) in [6, 6.07) is 22.3. The van der Waals surface area contributed by atoms with Gasteiger partial charge in [0.2, 0.25) is 11.8 Å². The molecule has 8 heteroatoms. The minimum atomic E-state index is -0.582. The maximum atomic E-state index is 12.1. The molecule has 0 bridgehead atoms. The number of imide groups is 1. The molecule has 1 fully saturated rings. The first kappa shape index (κ1) is 27.3. The molecule has 0 aromatic heterocycles. The third kappa shape index (κ3) is 6.50. The predicted octanol–water partition coefficient (Wildman–Crippen LogP) is 7.28. The van der Waals surface area contributed by atoms with Crippen LogP contribution >= 0.6 is 46.4 Å². The van der Waals surface area contributed by atoms with Crippen molar-refractivity contribution in [3.05, 3.63) is 99.5 Å². The van der Waals surface area contributed by atoms with Crippen LogP contribution in [0.4, 0.5) is 5.69 Å². The van der Waals surface area contributed by atoms with Crippen molar-refractivity contribution >= 4 is 63.9 Å². The maximum absolute atomic E-state index is 12.1. The zero-order chi connectivity index (χ0) is 25.6. The molecule has 3 N–H and O–H groups in total. The molecule has 3 aromatic carbocycles. The van der Waals surface area contributed by atoms with Crippen LogP contribution in [0.15, 0.2) is 72.8 Å². The van der Waals surface area contributed by atoms with E-state index in [2.05, 4.69) is 5.32 Å². The van der Waals surface area contributed by atoms with E-state index in [1.807, 2.05) is 67.6 Å². The quantitative estimate of drug-likeness (QED) is 0.199. The van der Waals surface area contributed by atoms with Gasteiger partial charge in [0.1, 0.15) is 4.84 Å². The minimum Gasteiger partial charge on any atom is -0.399 e. The normalized spacial score (nSPS) is 18.5. The number of benzene rings is 3. The molecule has 0 saturated carbocycles. The molecule has 0 spiro atoms. The van der Waals surface area contributed by atoms with E-state index in [0.29, 0.717) is 35.0 Å². The van der Waals surface area contributed by atoms with Crippen LogP contribution in [0.5, 0.6) is 0 Å². The monoisotopic (exact) mass is 550 g/mol. The topological polar surface area (TPSA) is 72.2 Å². The van der Waals surface area contributed by atoms with Crippen molar-refractivity contribution in [2.75, 3.05) is 5.73 Å². The van der Waals surface area contributed by atoms with Gasteiger partial charge in [0.15, 0.2) is 0 Å². The Hall–Kier alpha value is -2.24. The number of nitrogens with one attached hydrogen (secondary N) is 1. The third-order valence-electron chi connectivity index (χ3n) is 6.25. The largest absolute Gasteiger partial charge is 0.399 e. The lowest BCUT2D eigenvalue weighted by atomic mass is 9.72. The molecule has 184 valence electrons. The smallest absolute Gasteiger partial charge is 0.237 e. The van der Waals surface area contributed by atoms with Crippen LogP contribution < -0.4 is 11.1 Å². The highest BCUT2D eigenvalue weighted by Crippen LogP contribution is 2.38. The maximum Gasteiger partial charge on any atom is 0.237 e. The summed E-state index contributed by atoms with van der Waals surface area (Å²) >= 11 is 24.3. The highest BCUT2D eigenvalue weighted by Gasteiger charge is 2.42. The van der Waals surface area contributed by atoms with Gasteiger partial charge in [-0.15, -0.1) is 23.2 Å². The van der Waals surface area contributed by atoms with Crippen molar-refractivity contribution < 1.29 is 9.59 Å². The lowest BCUT2D eigenvalue weighted by Crippen LogP contribution is -2.51. The van der Waals surface area contributed by atoms with Crippen molar-refractivity contribution in [3.63, 3.8) is 0 Å². The molecule has 0 radical (unpaired) electrons. The van der Waals surface area contributed by atoms with Gasteiger partial charge in [-0.3, -0.25) is 14.9 Å². The van der Waals surface area contributed by atoms with E-state index < -0.39 is 10.3 Å². The Labute approximate surface area is 225 Å². The summed E-state index contributed by atoms with van der Waals surface area (Å²) in [5.41, 5.74) is 8.57. The molecule has 3 aromatic rings. The Morgan fingerprint density at radius 3 is 2.11 bits per heavy atom. The van der Waals surface area contributed by atoms with E-state index in [1.165, 1.54) is 0 Å². The fourth-order valence-electron chi connectivity index (χ4n) is 4.23. The van der Waals surface area contributed by atoms with Crippen LogP contribution in [0, 0.1) is 0 Å². The van der Waals surface area contributed by atoms with Crippen LogP contribution in [-0.2, 0) is 15.0 Å². The highest BCUT2D eigenvalue weighted by molar-refractivity contribution is 6.45. The van der Waals surface area contributed by atoms with Gasteiger partial charge in [0.05, 0.1) is 5.41 Å². The van der Waals surface area contributed by atoms with Gasteiger partial charge in [-0.05, 0) is 59.9 Å². The first-order valence-corrected chi connectivity index (χ1v) is 12.8. The average molecular weight is 552 g/mol. The number of hydrogen-bond donors (Lipinski definition) is 2. The summed E-state index contributed by atoms with van der Waals surface area (Å²) in [6.07, 6.45) is 1.64. The van der Waals surface area contributed by atoms with Crippen LogP contribution in [-0.4, -0.2) is 16.7 Å². The molecule has 1 heterocycles. The van der Waals surface area contributed by atoms with Gasteiger partial charge < -0.3 is 5.73 Å². The van der Waals surface area contributed by atoms with Crippen molar-refractivity contribution in [3.8, 4) is 0 Å². The molecule has 2 unspecified atom stereocenters. The summed E-state index contributed by atoms with van der Waals surface area (Å²) in [5, 5.41) is 3.76. The Bertz CT molecular complexity index is 1170. The Kier molecular flexibility index (Phi) is 9.48. The summed E-state index contributed by atoms with van der Waals surface area (Å²) in [6.45, 7) is 1.96. The van der Waals surface area contributed by atoms with Gasteiger partial charge in [-0.2, -0.15) is 0 Å². The Morgan fingerprint density at radius 2 is 1.57 bits per heavy atom. The number of amides is 2. The van der Waals surface area contributed by atoms with Crippen molar-refractivity contribution in [2.24, 2.45) is 0 Å². The second kappa shape index (κ2) is 12.1. The van der Waals surface area contributed by atoms with Crippen LogP contribution in [0.2, 0.25) is 10.0 Å². The van der Waals surface area contributed by atoms with Crippen molar-refractivity contribution in [1.82, 2.24) is 5.32 Å². The number of nitrogens with two attached hydrogens (primary N) is 1. The van der Waals surface area contributed by atoms with Crippen LogP contribution in [0.25, 0.3) is 0 Å². The standard InChI is InChI=1S/C14H10Cl4.C13H16N2O2/c15-10-7-5-9(6-8-10)13(14(17)18)11-3-1-2-4-12(11)16;1-2-13(8-7-11(16)15-12(13)17)9-3-5-10(14)6-4-9/h1-8,13-14H;3-6H,2,7-8,14H2,1H3,(H,15,16,17). The summed E-state index contributed by atoms with van der Waals surface area (Å²) in [4.78, 5) is 22.7. The number of alkyl halides is 2. The number of anilines is 1. The Morgan fingerprint density at radius 1 is 0.943 bits per heavy atom. The molecular weight excluding hydrogens is 526 g/mol. The van der Waals surface area contributed by atoms with E-state index in [9.17, 15) is 9.59 Å². The Balaban J connectivity index is 0.000000196. The number of hydrogen-bond acceptors (Lipinski definition) is 3. The highest BCUT2D eigenvalue weighted by atomic mass is 35.5. The summed E-state index contributed by atoms with van der Waals surface area (Å²) in [5.74, 6) is -0.546. The second-order valence-electron chi connectivity index (χ2n) is 8.32. The third-order valence-corrected chi connectivity index (χ3v) is 7.35. The molecule has 1 aliphatic rings. The average Bonchev–Trinajstić information content (AvgIpc) is 2.83. The second-order valence-corrected chi connectivity index (χ2v) is 10.3. The van der Waals surface area contributed by atoms with E-state index in [1.54, 1.807) is 12.1 Å². The van der Waals surface area contributed by atoms with Gasteiger partial charge in [0, 0.05) is 28.1 Å². The zero-order valence-electron chi connectivity index (χ0n) is 19.1. The first-order chi connectivity index (χ1) is 16.7.